The molecule has 0 radical (unpaired) electrons. The highest BCUT2D eigenvalue weighted by atomic mass is 16.6. The van der Waals surface area contributed by atoms with E-state index in [0.29, 0.717) is 6.42 Å². The number of cyclic esters (lactones) is 1. The Morgan fingerprint density at radius 2 is 2.20 bits per heavy atom. The number of rotatable bonds is 5. The number of carbonyl (C=O) groups excluding carboxylic acids is 2. The van der Waals surface area contributed by atoms with E-state index in [-0.39, 0.29) is 18.0 Å². The van der Waals surface area contributed by atoms with Gasteiger partial charge in [-0.1, -0.05) is 12.1 Å². The molecule has 0 bridgehead atoms. The summed E-state index contributed by atoms with van der Waals surface area (Å²) in [6, 6.07) is 5.66. The standard InChI is InChI=1S/C12H11NO7/c14-11(20-10-5-6-18-12(10)15)7-19-9-4-2-1-3-8(9)13(16)17/h1-4,10H,5-7H2. The summed E-state index contributed by atoms with van der Waals surface area (Å²) in [6.45, 7) is -0.309. The van der Waals surface area contributed by atoms with Crippen molar-refractivity contribution in [2.75, 3.05) is 13.2 Å². The Morgan fingerprint density at radius 1 is 1.45 bits per heavy atom. The van der Waals surface area contributed by atoms with Crippen molar-refractivity contribution in [3.05, 3.63) is 34.4 Å². The zero-order valence-electron chi connectivity index (χ0n) is 10.3. The van der Waals surface area contributed by atoms with Gasteiger partial charge in [-0.05, 0) is 6.07 Å². The molecule has 2 rings (SSSR count). The summed E-state index contributed by atoms with van der Waals surface area (Å²) in [4.78, 5) is 32.7. The number of hydrogen-bond acceptors (Lipinski definition) is 7. The lowest BCUT2D eigenvalue weighted by Gasteiger charge is -2.09. The number of hydrogen-bond donors (Lipinski definition) is 0. The number of benzene rings is 1. The van der Waals surface area contributed by atoms with Gasteiger partial charge in [0.2, 0.25) is 6.10 Å². The SMILES string of the molecule is O=C(COc1ccccc1[N+](=O)[O-])OC1CCOC1=O. The number of para-hydroxylation sites is 2. The quantitative estimate of drug-likeness (QED) is 0.447. The molecule has 0 amide bonds. The van der Waals surface area contributed by atoms with Crippen molar-refractivity contribution in [3.8, 4) is 5.75 Å². The molecule has 1 atom stereocenters. The van der Waals surface area contributed by atoms with E-state index in [1.165, 1.54) is 18.2 Å². The van der Waals surface area contributed by atoms with Crippen LogP contribution in [0.2, 0.25) is 0 Å². The molecule has 1 aliphatic rings. The average Bonchev–Trinajstić information content (AvgIpc) is 2.82. The maximum absolute atomic E-state index is 11.5. The summed E-state index contributed by atoms with van der Waals surface area (Å²) in [5, 5.41) is 10.7. The lowest BCUT2D eigenvalue weighted by molar-refractivity contribution is -0.385. The lowest BCUT2D eigenvalue weighted by Crippen LogP contribution is -2.26. The van der Waals surface area contributed by atoms with Crippen molar-refractivity contribution in [1.29, 1.82) is 0 Å². The van der Waals surface area contributed by atoms with Crippen molar-refractivity contribution in [2.24, 2.45) is 0 Å². The Kier molecular flexibility index (Phi) is 4.14. The van der Waals surface area contributed by atoms with Gasteiger partial charge < -0.3 is 14.2 Å². The lowest BCUT2D eigenvalue weighted by atomic mass is 10.3. The minimum Gasteiger partial charge on any atom is -0.475 e. The Morgan fingerprint density at radius 3 is 2.85 bits per heavy atom. The molecule has 1 saturated heterocycles. The van der Waals surface area contributed by atoms with Gasteiger partial charge in [0.1, 0.15) is 0 Å². The molecule has 0 saturated carbocycles. The van der Waals surface area contributed by atoms with Crippen LogP contribution in [0.15, 0.2) is 24.3 Å². The van der Waals surface area contributed by atoms with Gasteiger partial charge in [0, 0.05) is 12.5 Å². The minimum atomic E-state index is -0.920. The monoisotopic (exact) mass is 281 g/mol. The Bertz CT molecular complexity index is 542. The molecule has 1 fully saturated rings. The van der Waals surface area contributed by atoms with E-state index >= 15 is 0 Å². The van der Waals surface area contributed by atoms with Crippen LogP contribution in [0.3, 0.4) is 0 Å². The number of nitro groups is 1. The van der Waals surface area contributed by atoms with Crippen LogP contribution >= 0.6 is 0 Å². The van der Waals surface area contributed by atoms with Crippen LogP contribution in [-0.2, 0) is 19.1 Å². The Balaban J connectivity index is 1.90. The molecule has 8 heteroatoms. The average molecular weight is 281 g/mol. The number of nitrogens with zero attached hydrogens (tertiary/aromatic N) is 1. The second-order valence-electron chi connectivity index (χ2n) is 3.95. The minimum absolute atomic E-state index is 0.0385. The van der Waals surface area contributed by atoms with E-state index in [9.17, 15) is 19.7 Å². The topological polar surface area (TPSA) is 105 Å². The van der Waals surface area contributed by atoms with Gasteiger partial charge in [-0.25, -0.2) is 9.59 Å². The molecule has 0 aliphatic carbocycles. The van der Waals surface area contributed by atoms with Crippen LogP contribution in [0.25, 0.3) is 0 Å². The highest BCUT2D eigenvalue weighted by molar-refractivity contribution is 5.81. The van der Waals surface area contributed by atoms with Crippen molar-refractivity contribution >= 4 is 17.6 Å². The molecule has 0 aromatic heterocycles. The first kappa shape index (κ1) is 13.8. The first-order valence-corrected chi connectivity index (χ1v) is 5.80. The van der Waals surface area contributed by atoms with Gasteiger partial charge in [0.15, 0.2) is 12.4 Å². The van der Waals surface area contributed by atoms with Crippen LogP contribution in [0.5, 0.6) is 5.75 Å². The summed E-state index contributed by atoms with van der Waals surface area (Å²) in [6.07, 6.45) is -0.618. The first-order chi connectivity index (χ1) is 9.58. The second-order valence-corrected chi connectivity index (χ2v) is 3.95. The molecule has 1 aromatic carbocycles. The fraction of sp³-hybridized carbons (Fsp3) is 0.333. The fourth-order valence-electron chi connectivity index (χ4n) is 1.64. The van der Waals surface area contributed by atoms with Gasteiger partial charge >= 0.3 is 17.6 Å². The molecule has 8 nitrogen and oxygen atoms in total. The molecular weight excluding hydrogens is 270 g/mol. The van der Waals surface area contributed by atoms with Crippen molar-refractivity contribution in [1.82, 2.24) is 0 Å². The summed E-state index contributed by atoms with van der Waals surface area (Å²) >= 11 is 0. The molecule has 0 N–H and O–H groups in total. The van der Waals surface area contributed by atoms with Gasteiger partial charge in [0.25, 0.3) is 0 Å². The number of nitro benzene ring substituents is 1. The summed E-state index contributed by atoms with van der Waals surface area (Å²) in [5.74, 6) is -1.42. The number of esters is 2. The zero-order chi connectivity index (χ0) is 14.5. The molecule has 0 spiro atoms. The smallest absolute Gasteiger partial charge is 0.347 e. The normalized spacial score (nSPS) is 17.4. The zero-order valence-corrected chi connectivity index (χ0v) is 10.3. The van der Waals surface area contributed by atoms with E-state index < -0.39 is 29.6 Å². The third-order valence-corrected chi connectivity index (χ3v) is 2.57. The Labute approximate surface area is 113 Å². The van der Waals surface area contributed by atoms with Crippen LogP contribution in [0.4, 0.5) is 5.69 Å². The predicted octanol–water partition coefficient (Wildman–Crippen LogP) is 0.832. The molecule has 1 aromatic rings. The van der Waals surface area contributed by atoms with Crippen LogP contribution in [-0.4, -0.2) is 36.2 Å². The summed E-state index contributed by atoms with van der Waals surface area (Å²) in [5.41, 5.74) is -0.249. The van der Waals surface area contributed by atoms with Crippen LogP contribution in [0.1, 0.15) is 6.42 Å². The van der Waals surface area contributed by atoms with Crippen molar-refractivity contribution < 1.29 is 28.7 Å². The van der Waals surface area contributed by atoms with Gasteiger partial charge in [-0.3, -0.25) is 10.1 Å². The molecule has 106 valence electrons. The first-order valence-electron chi connectivity index (χ1n) is 5.80. The maximum atomic E-state index is 11.5. The number of ether oxygens (including phenoxy) is 3. The third kappa shape index (κ3) is 3.22. The third-order valence-electron chi connectivity index (χ3n) is 2.57. The highest BCUT2D eigenvalue weighted by Gasteiger charge is 2.30. The second kappa shape index (κ2) is 6.00. The molecule has 1 heterocycles. The fourth-order valence-corrected chi connectivity index (χ4v) is 1.64. The molecule has 1 aliphatic heterocycles. The van der Waals surface area contributed by atoms with E-state index in [4.69, 9.17) is 9.47 Å². The summed E-state index contributed by atoms with van der Waals surface area (Å²) in [7, 11) is 0. The van der Waals surface area contributed by atoms with E-state index in [2.05, 4.69) is 4.74 Å². The highest BCUT2D eigenvalue weighted by Crippen LogP contribution is 2.25. The number of carbonyl (C=O) groups is 2. The van der Waals surface area contributed by atoms with Crippen LogP contribution < -0.4 is 4.74 Å². The van der Waals surface area contributed by atoms with Crippen molar-refractivity contribution in [2.45, 2.75) is 12.5 Å². The summed E-state index contributed by atoms with van der Waals surface area (Å²) < 4.78 is 14.5. The van der Waals surface area contributed by atoms with Crippen molar-refractivity contribution in [3.63, 3.8) is 0 Å². The molecule has 1 unspecified atom stereocenters. The Hall–Kier alpha value is -2.64. The van der Waals surface area contributed by atoms with E-state index in [1.54, 1.807) is 6.07 Å². The van der Waals surface area contributed by atoms with E-state index in [0.717, 1.165) is 0 Å². The largest absolute Gasteiger partial charge is 0.475 e. The van der Waals surface area contributed by atoms with Gasteiger partial charge in [-0.2, -0.15) is 0 Å². The van der Waals surface area contributed by atoms with Gasteiger partial charge in [-0.15, -0.1) is 0 Å². The molecular formula is C12H11NO7. The maximum Gasteiger partial charge on any atom is 0.347 e. The van der Waals surface area contributed by atoms with Gasteiger partial charge in [0.05, 0.1) is 11.5 Å². The van der Waals surface area contributed by atoms with Crippen LogP contribution in [0, 0.1) is 10.1 Å². The molecule has 20 heavy (non-hydrogen) atoms. The van der Waals surface area contributed by atoms with E-state index in [1.807, 2.05) is 0 Å². The predicted molar refractivity (Wildman–Crippen MR) is 64.0 cm³/mol.